The van der Waals surface area contributed by atoms with E-state index in [0.29, 0.717) is 57.8 Å². The number of halogens is 1. The molecular formula is C32H38FN7O6SSi. The highest BCUT2D eigenvalue weighted by molar-refractivity contribution is 7.21. The number of hydrogen-bond acceptors (Lipinski definition) is 13. The van der Waals surface area contributed by atoms with Crippen LogP contribution in [0.3, 0.4) is 0 Å². The van der Waals surface area contributed by atoms with E-state index in [2.05, 4.69) is 69.1 Å². The van der Waals surface area contributed by atoms with Gasteiger partial charge in [0.1, 0.15) is 35.2 Å². The molecule has 254 valence electrons. The number of thiazole rings is 1. The lowest BCUT2D eigenvalue weighted by molar-refractivity contribution is 0.135. The molecule has 0 atom stereocenters. The van der Waals surface area contributed by atoms with E-state index in [1.165, 1.54) is 29.8 Å². The minimum atomic E-state index is -1.86. The van der Waals surface area contributed by atoms with E-state index in [4.69, 9.17) is 23.4 Å². The number of aromatic nitrogens is 6. The Kier molecular flexibility index (Phi) is 10.7. The van der Waals surface area contributed by atoms with E-state index in [1.807, 2.05) is 26.0 Å². The summed E-state index contributed by atoms with van der Waals surface area (Å²) in [6, 6.07) is 5.29. The molecule has 0 spiro atoms. The smallest absolute Gasteiger partial charge is 0.411 e. The minimum absolute atomic E-state index is 0.108. The molecule has 1 N–H and O–H groups in total. The molecule has 0 bridgehead atoms. The van der Waals surface area contributed by atoms with Gasteiger partial charge in [0.05, 0.1) is 48.5 Å². The second-order valence-electron chi connectivity index (χ2n) is 12.3. The van der Waals surface area contributed by atoms with Gasteiger partial charge >= 0.3 is 12.1 Å². The highest BCUT2D eigenvalue weighted by atomic mass is 32.1. The summed E-state index contributed by atoms with van der Waals surface area (Å²) in [4.78, 5) is 38.9. The molecule has 13 nitrogen and oxygen atoms in total. The van der Waals surface area contributed by atoms with Crippen molar-refractivity contribution in [2.75, 3.05) is 38.4 Å². The van der Waals surface area contributed by atoms with Crippen LogP contribution in [0.4, 0.5) is 14.9 Å². The lowest BCUT2D eigenvalue weighted by Crippen LogP contribution is -2.41. The molecule has 0 unspecified atom stereocenters. The Morgan fingerprint density at radius 2 is 1.67 bits per heavy atom. The van der Waals surface area contributed by atoms with Crippen molar-refractivity contribution in [3.05, 3.63) is 48.2 Å². The second-order valence-corrected chi connectivity index (χ2v) is 18.0. The van der Waals surface area contributed by atoms with Crippen LogP contribution in [0.2, 0.25) is 18.1 Å². The van der Waals surface area contributed by atoms with Gasteiger partial charge in [-0.3, -0.25) is 5.32 Å². The van der Waals surface area contributed by atoms with Gasteiger partial charge in [-0.2, -0.15) is 4.98 Å². The van der Waals surface area contributed by atoms with Gasteiger partial charge in [-0.1, -0.05) is 32.1 Å². The highest BCUT2D eigenvalue weighted by Crippen LogP contribution is 2.37. The zero-order valence-electron chi connectivity index (χ0n) is 27.9. The molecule has 0 aliphatic rings. The van der Waals surface area contributed by atoms with Crippen molar-refractivity contribution in [3.63, 3.8) is 0 Å². The third kappa shape index (κ3) is 8.48. The van der Waals surface area contributed by atoms with Crippen molar-refractivity contribution in [3.8, 4) is 28.3 Å². The Balaban J connectivity index is 1.12. The Bertz CT molecular complexity index is 1900. The van der Waals surface area contributed by atoms with Crippen molar-refractivity contribution in [2.45, 2.75) is 52.8 Å². The number of pyridine rings is 1. The molecule has 0 saturated heterocycles. The van der Waals surface area contributed by atoms with E-state index in [0.717, 1.165) is 11.1 Å². The number of carbonyl (C=O) groups excluding carboxylic acids is 1. The molecule has 0 aliphatic carbocycles. The van der Waals surface area contributed by atoms with E-state index in [-0.39, 0.29) is 30.1 Å². The monoisotopic (exact) mass is 695 g/mol. The SMILES string of the molecule is CCOc1cnc2c(-c3nc4cc(F)c(OCCOC(=O)Nc5cnc(OCCO[Si](C)(C)C(C)(C)C)nc5)nc4s3)cc(C)cc2n1. The Morgan fingerprint density at radius 1 is 0.917 bits per heavy atom. The average molecular weight is 696 g/mol. The van der Waals surface area contributed by atoms with Gasteiger partial charge in [0.2, 0.25) is 5.88 Å². The third-order valence-electron chi connectivity index (χ3n) is 7.61. The fourth-order valence-electron chi connectivity index (χ4n) is 4.20. The summed E-state index contributed by atoms with van der Waals surface area (Å²) in [7, 11) is -1.86. The first-order valence-corrected chi connectivity index (χ1v) is 19.1. The maximum Gasteiger partial charge on any atom is 0.411 e. The van der Waals surface area contributed by atoms with E-state index < -0.39 is 20.2 Å². The van der Waals surface area contributed by atoms with Crippen LogP contribution in [-0.2, 0) is 9.16 Å². The van der Waals surface area contributed by atoms with Gasteiger partial charge in [-0.05, 0) is 49.7 Å². The van der Waals surface area contributed by atoms with Crippen LogP contribution in [-0.4, -0.2) is 77.3 Å². The van der Waals surface area contributed by atoms with Crippen LogP contribution in [0.25, 0.3) is 32.0 Å². The summed E-state index contributed by atoms with van der Waals surface area (Å²) in [5.41, 5.74) is 3.72. The van der Waals surface area contributed by atoms with E-state index in [9.17, 15) is 9.18 Å². The second kappa shape index (κ2) is 14.7. The number of carbonyl (C=O) groups is 1. The normalized spacial score (nSPS) is 11.9. The van der Waals surface area contributed by atoms with Crippen LogP contribution < -0.4 is 19.5 Å². The molecular weight excluding hydrogens is 658 g/mol. The molecule has 48 heavy (non-hydrogen) atoms. The summed E-state index contributed by atoms with van der Waals surface area (Å²) in [5, 5.41) is 3.24. The first-order valence-electron chi connectivity index (χ1n) is 15.4. The molecule has 0 saturated carbocycles. The molecule has 4 heterocycles. The summed E-state index contributed by atoms with van der Waals surface area (Å²) in [6.07, 6.45) is 3.61. The maximum atomic E-state index is 14.9. The fourth-order valence-corrected chi connectivity index (χ4v) is 6.16. The van der Waals surface area contributed by atoms with Crippen LogP contribution >= 0.6 is 11.3 Å². The van der Waals surface area contributed by atoms with Gasteiger partial charge < -0.3 is 23.4 Å². The molecule has 4 aromatic heterocycles. The van der Waals surface area contributed by atoms with Crippen molar-refractivity contribution in [1.82, 2.24) is 29.9 Å². The summed E-state index contributed by atoms with van der Waals surface area (Å²) in [5.74, 6) is -0.480. The number of amides is 1. The number of ether oxygens (including phenoxy) is 4. The average Bonchev–Trinajstić information content (AvgIpc) is 3.43. The topological polar surface area (TPSA) is 153 Å². The standard InChI is InChI=1S/C32H38FN7O6SSi/c1-8-42-25-18-34-26-21(13-19(2)14-23(26)38-25)28-39-24-15-22(33)27(40-29(24)47-28)43-9-10-45-31(41)37-20-16-35-30(36-17-20)44-11-12-46-48(6,7)32(3,4)5/h13-18H,8-12H2,1-7H3,(H,37,41). The van der Waals surface area contributed by atoms with Gasteiger partial charge in [0.15, 0.2) is 14.1 Å². The van der Waals surface area contributed by atoms with Crippen molar-refractivity contribution < 1.29 is 32.6 Å². The molecule has 1 aromatic carbocycles. The number of hydrogen-bond donors (Lipinski definition) is 1. The quantitative estimate of drug-likeness (QED) is 0.100. The van der Waals surface area contributed by atoms with Gasteiger partial charge in [-0.25, -0.2) is 34.1 Å². The summed E-state index contributed by atoms with van der Waals surface area (Å²) < 4.78 is 42.6. The predicted octanol–water partition coefficient (Wildman–Crippen LogP) is 6.97. The summed E-state index contributed by atoms with van der Waals surface area (Å²) in [6.45, 7) is 15.6. The maximum absolute atomic E-state index is 14.9. The number of nitrogens with one attached hydrogen (secondary N) is 1. The van der Waals surface area contributed by atoms with E-state index >= 15 is 0 Å². The number of fused-ring (bicyclic) bond motifs is 2. The lowest BCUT2D eigenvalue weighted by Gasteiger charge is -2.36. The fraction of sp³-hybridized carbons (Fsp3) is 0.406. The number of anilines is 1. The van der Waals surface area contributed by atoms with Crippen LogP contribution in [0.5, 0.6) is 17.8 Å². The molecule has 5 rings (SSSR count). The van der Waals surface area contributed by atoms with Gasteiger partial charge in [-0.15, -0.1) is 0 Å². The number of rotatable bonds is 13. The van der Waals surface area contributed by atoms with Crippen molar-refractivity contribution in [2.24, 2.45) is 0 Å². The van der Waals surface area contributed by atoms with Crippen LogP contribution in [0, 0.1) is 12.7 Å². The molecule has 0 aliphatic heterocycles. The van der Waals surface area contributed by atoms with Crippen LogP contribution in [0.15, 0.2) is 36.8 Å². The Labute approximate surface area is 282 Å². The zero-order chi connectivity index (χ0) is 34.5. The number of benzene rings is 1. The molecule has 1 amide bonds. The van der Waals surface area contributed by atoms with E-state index in [1.54, 1.807) is 6.20 Å². The first-order chi connectivity index (χ1) is 22.8. The zero-order valence-corrected chi connectivity index (χ0v) is 29.7. The largest absolute Gasteiger partial charge is 0.477 e. The Hall–Kier alpha value is -4.54. The number of nitrogens with zero attached hydrogens (tertiary/aromatic N) is 6. The summed E-state index contributed by atoms with van der Waals surface area (Å²) >= 11 is 1.28. The predicted molar refractivity (Wildman–Crippen MR) is 183 cm³/mol. The minimum Gasteiger partial charge on any atom is -0.477 e. The highest BCUT2D eigenvalue weighted by Gasteiger charge is 2.37. The molecule has 5 aromatic rings. The lowest BCUT2D eigenvalue weighted by atomic mass is 10.1. The number of aryl methyl sites for hydroxylation is 1. The van der Waals surface area contributed by atoms with Crippen LogP contribution in [0.1, 0.15) is 33.3 Å². The molecule has 0 fully saturated rings. The molecule has 0 radical (unpaired) electrons. The van der Waals surface area contributed by atoms with Gasteiger partial charge in [0.25, 0.3) is 5.88 Å². The van der Waals surface area contributed by atoms with Gasteiger partial charge in [0, 0.05) is 11.6 Å². The third-order valence-corrected chi connectivity index (χ3v) is 13.1. The Morgan fingerprint density at radius 3 is 2.40 bits per heavy atom. The van der Waals surface area contributed by atoms with Crippen molar-refractivity contribution >= 4 is 52.8 Å². The first kappa shape index (κ1) is 34.8. The van der Waals surface area contributed by atoms with Crippen molar-refractivity contribution in [1.29, 1.82) is 0 Å². The molecule has 16 heteroatoms.